The van der Waals surface area contributed by atoms with Crippen LogP contribution in [0.1, 0.15) is 32.5 Å². The molecule has 0 aliphatic carbocycles. The van der Waals surface area contributed by atoms with Crippen molar-refractivity contribution in [2.24, 2.45) is 10.9 Å². The first kappa shape index (κ1) is 22.7. The number of hydrogen-bond donors (Lipinski definition) is 3. The second-order valence-electron chi connectivity index (χ2n) is 6.52. The Hall–Kier alpha value is -1.35. The zero-order valence-electron chi connectivity index (χ0n) is 16.0. The Morgan fingerprint density at radius 1 is 1.19 bits per heavy atom. The van der Waals surface area contributed by atoms with Crippen LogP contribution in [0, 0.1) is 5.92 Å². The van der Waals surface area contributed by atoms with Crippen molar-refractivity contribution in [1.29, 1.82) is 0 Å². The number of H-pyrrole nitrogens is 1. The molecule has 0 amide bonds. The van der Waals surface area contributed by atoms with Crippen molar-refractivity contribution in [3.63, 3.8) is 0 Å². The minimum atomic E-state index is 0. The van der Waals surface area contributed by atoms with Crippen molar-refractivity contribution in [1.82, 2.24) is 20.6 Å². The number of guanidine groups is 1. The van der Waals surface area contributed by atoms with E-state index in [0.717, 1.165) is 61.8 Å². The summed E-state index contributed by atoms with van der Waals surface area (Å²) in [6, 6.07) is 8.12. The highest BCUT2D eigenvalue weighted by molar-refractivity contribution is 14.0. The molecular weight excluding hydrogens is 441 g/mol. The number of para-hydroxylation sites is 2. The van der Waals surface area contributed by atoms with Crippen molar-refractivity contribution in [3.05, 3.63) is 30.1 Å². The van der Waals surface area contributed by atoms with Crippen molar-refractivity contribution in [3.8, 4) is 0 Å². The first-order valence-electron chi connectivity index (χ1n) is 9.15. The quantitative estimate of drug-likeness (QED) is 0.214. The highest BCUT2D eigenvalue weighted by Gasteiger charge is 2.02. The molecular formula is C19H32IN5O. The first-order valence-corrected chi connectivity index (χ1v) is 9.15. The average Bonchev–Trinajstić information content (AvgIpc) is 3.02. The lowest BCUT2D eigenvalue weighted by molar-refractivity contribution is 0.128. The highest BCUT2D eigenvalue weighted by atomic mass is 127. The topological polar surface area (TPSA) is 74.3 Å². The molecule has 0 aliphatic heterocycles. The Morgan fingerprint density at radius 3 is 2.69 bits per heavy atom. The molecule has 0 fully saturated rings. The maximum Gasteiger partial charge on any atom is 0.191 e. The molecule has 1 aromatic heterocycles. The Morgan fingerprint density at radius 2 is 1.96 bits per heavy atom. The number of halogens is 1. The summed E-state index contributed by atoms with van der Waals surface area (Å²) in [6.45, 7) is 7.55. The van der Waals surface area contributed by atoms with Gasteiger partial charge in [0.1, 0.15) is 5.82 Å². The first-order chi connectivity index (χ1) is 12.2. The molecule has 7 heteroatoms. The van der Waals surface area contributed by atoms with Gasteiger partial charge in [-0.2, -0.15) is 0 Å². The van der Waals surface area contributed by atoms with E-state index in [2.05, 4.69) is 45.5 Å². The lowest BCUT2D eigenvalue weighted by Crippen LogP contribution is -2.39. The van der Waals surface area contributed by atoms with E-state index in [-0.39, 0.29) is 24.0 Å². The van der Waals surface area contributed by atoms with E-state index in [9.17, 15) is 0 Å². The molecule has 2 rings (SSSR count). The largest absolute Gasteiger partial charge is 0.380 e. The van der Waals surface area contributed by atoms with Gasteiger partial charge in [0.25, 0.3) is 0 Å². The van der Waals surface area contributed by atoms with Crippen LogP contribution < -0.4 is 10.6 Å². The third-order valence-corrected chi connectivity index (χ3v) is 3.92. The third kappa shape index (κ3) is 8.35. The number of aliphatic imine (C=N–C) groups is 1. The summed E-state index contributed by atoms with van der Waals surface area (Å²) >= 11 is 0. The van der Waals surface area contributed by atoms with Crippen molar-refractivity contribution < 1.29 is 4.74 Å². The van der Waals surface area contributed by atoms with Crippen LogP contribution in [0.2, 0.25) is 0 Å². The number of ether oxygens (including phenoxy) is 1. The molecule has 1 aromatic carbocycles. The second kappa shape index (κ2) is 12.9. The van der Waals surface area contributed by atoms with Crippen LogP contribution in [0.15, 0.2) is 29.3 Å². The van der Waals surface area contributed by atoms with Gasteiger partial charge < -0.3 is 20.4 Å². The van der Waals surface area contributed by atoms with Crippen LogP contribution in [0.3, 0.4) is 0 Å². The van der Waals surface area contributed by atoms with Gasteiger partial charge in [-0.05, 0) is 30.9 Å². The lowest BCUT2D eigenvalue weighted by atomic mass is 10.1. The number of rotatable bonds is 10. The highest BCUT2D eigenvalue weighted by Crippen LogP contribution is 2.10. The zero-order valence-corrected chi connectivity index (χ0v) is 18.4. The molecule has 146 valence electrons. The van der Waals surface area contributed by atoms with Gasteiger partial charge >= 0.3 is 0 Å². The van der Waals surface area contributed by atoms with Gasteiger partial charge in [0.05, 0.1) is 17.6 Å². The van der Waals surface area contributed by atoms with Gasteiger partial charge in [-0.15, -0.1) is 24.0 Å². The van der Waals surface area contributed by atoms with Crippen molar-refractivity contribution in [2.75, 3.05) is 33.4 Å². The summed E-state index contributed by atoms with van der Waals surface area (Å²) in [7, 11) is 1.79. The Balaban J connectivity index is 0.00000338. The number of aromatic amines is 1. The molecule has 0 unspecified atom stereocenters. The van der Waals surface area contributed by atoms with Gasteiger partial charge in [0.2, 0.25) is 0 Å². The molecule has 0 atom stereocenters. The SMILES string of the molecule is CN=C(NCCCc1nc2ccccc2[nH]1)NCCOCCC(C)C.I. The van der Waals surface area contributed by atoms with E-state index in [4.69, 9.17) is 4.74 Å². The van der Waals surface area contributed by atoms with Crippen LogP contribution in [0.25, 0.3) is 11.0 Å². The normalized spacial score (nSPS) is 11.6. The fourth-order valence-electron chi connectivity index (χ4n) is 2.47. The summed E-state index contributed by atoms with van der Waals surface area (Å²) in [5.74, 6) is 2.54. The molecule has 6 nitrogen and oxygen atoms in total. The molecule has 0 saturated heterocycles. The van der Waals surface area contributed by atoms with Crippen LogP contribution >= 0.6 is 24.0 Å². The van der Waals surface area contributed by atoms with Crippen LogP contribution in [-0.4, -0.2) is 49.3 Å². The number of nitrogens with zero attached hydrogens (tertiary/aromatic N) is 2. The molecule has 2 aromatic rings. The molecule has 3 N–H and O–H groups in total. The Labute approximate surface area is 173 Å². The number of imidazole rings is 1. The van der Waals surface area contributed by atoms with Gasteiger partial charge in [-0.1, -0.05) is 26.0 Å². The van der Waals surface area contributed by atoms with Gasteiger partial charge in [0.15, 0.2) is 5.96 Å². The van der Waals surface area contributed by atoms with Crippen LogP contribution in [-0.2, 0) is 11.2 Å². The van der Waals surface area contributed by atoms with Gasteiger partial charge in [-0.25, -0.2) is 4.98 Å². The molecule has 0 spiro atoms. The van der Waals surface area contributed by atoms with Crippen molar-refractivity contribution in [2.45, 2.75) is 33.1 Å². The number of benzene rings is 1. The predicted molar refractivity (Wildman–Crippen MR) is 119 cm³/mol. The summed E-state index contributed by atoms with van der Waals surface area (Å²) < 4.78 is 5.59. The Kier molecular flexibility index (Phi) is 11.3. The van der Waals surface area contributed by atoms with Crippen LogP contribution in [0.5, 0.6) is 0 Å². The summed E-state index contributed by atoms with van der Waals surface area (Å²) in [4.78, 5) is 12.2. The van der Waals surface area contributed by atoms with E-state index in [1.54, 1.807) is 7.05 Å². The molecule has 0 saturated carbocycles. The fraction of sp³-hybridized carbons (Fsp3) is 0.579. The number of aryl methyl sites for hydroxylation is 1. The molecule has 0 aliphatic rings. The fourth-order valence-corrected chi connectivity index (χ4v) is 2.47. The number of aromatic nitrogens is 2. The maximum absolute atomic E-state index is 5.59. The summed E-state index contributed by atoms with van der Waals surface area (Å²) in [5, 5.41) is 6.59. The van der Waals surface area contributed by atoms with Crippen LogP contribution in [0.4, 0.5) is 0 Å². The molecule has 0 radical (unpaired) electrons. The number of hydrogen-bond acceptors (Lipinski definition) is 3. The zero-order chi connectivity index (χ0) is 17.9. The third-order valence-electron chi connectivity index (χ3n) is 3.92. The average molecular weight is 473 g/mol. The summed E-state index contributed by atoms with van der Waals surface area (Å²) in [5.41, 5.74) is 2.13. The smallest absolute Gasteiger partial charge is 0.191 e. The standard InChI is InChI=1S/C19H31N5O.HI/c1-15(2)10-13-25-14-12-22-19(20-3)21-11-6-9-18-23-16-7-4-5-8-17(16)24-18;/h4-5,7-8,15H,6,9-14H2,1-3H3,(H,23,24)(H2,20,21,22);1H. The van der Waals surface area contributed by atoms with E-state index in [0.29, 0.717) is 12.5 Å². The van der Waals surface area contributed by atoms with E-state index >= 15 is 0 Å². The van der Waals surface area contributed by atoms with E-state index in [1.165, 1.54) is 0 Å². The molecule has 0 bridgehead atoms. The van der Waals surface area contributed by atoms with Gasteiger partial charge in [-0.3, -0.25) is 4.99 Å². The van der Waals surface area contributed by atoms with Crippen molar-refractivity contribution >= 4 is 41.0 Å². The van der Waals surface area contributed by atoms with E-state index < -0.39 is 0 Å². The predicted octanol–water partition coefficient (Wildman–Crippen LogP) is 3.34. The van der Waals surface area contributed by atoms with E-state index in [1.807, 2.05) is 18.2 Å². The Bertz CT molecular complexity index is 623. The molecule has 26 heavy (non-hydrogen) atoms. The minimum Gasteiger partial charge on any atom is -0.380 e. The summed E-state index contributed by atoms with van der Waals surface area (Å²) in [6.07, 6.45) is 3.01. The van der Waals surface area contributed by atoms with Gasteiger partial charge in [0, 0.05) is 33.2 Å². The number of nitrogens with one attached hydrogen (secondary N) is 3. The number of fused-ring (bicyclic) bond motifs is 1. The minimum absolute atomic E-state index is 0. The monoisotopic (exact) mass is 473 g/mol. The lowest BCUT2D eigenvalue weighted by Gasteiger charge is -2.12. The maximum atomic E-state index is 5.59. The second-order valence-corrected chi connectivity index (χ2v) is 6.52. The molecule has 1 heterocycles.